The Balaban J connectivity index is 2.83. The third-order valence-corrected chi connectivity index (χ3v) is 4.74. The van der Waals surface area contributed by atoms with E-state index in [1.54, 1.807) is 11.3 Å². The normalized spacial score (nSPS) is 17.1. The second-order valence-corrected chi connectivity index (χ2v) is 6.07. The fourth-order valence-corrected chi connectivity index (χ4v) is 2.84. The Hall–Kier alpha value is -0.450. The Morgan fingerprint density at radius 1 is 1.53 bits per heavy atom. The van der Waals surface area contributed by atoms with Crippen LogP contribution in [0.15, 0.2) is 5.38 Å². The van der Waals surface area contributed by atoms with Gasteiger partial charge in [-0.2, -0.15) is 0 Å². The van der Waals surface area contributed by atoms with Crippen molar-refractivity contribution in [3.63, 3.8) is 0 Å². The molecule has 0 aliphatic heterocycles. The number of hydrogen-bond acceptors (Lipinski definition) is 4. The number of aryl methyl sites for hydroxylation is 1. The molecule has 0 spiro atoms. The summed E-state index contributed by atoms with van der Waals surface area (Å²) in [6.07, 6.45) is 2.11. The van der Waals surface area contributed by atoms with Crippen LogP contribution in [-0.4, -0.2) is 42.6 Å². The third kappa shape index (κ3) is 3.27. The second kappa shape index (κ2) is 5.94. The molecule has 0 aliphatic rings. The predicted octanol–water partition coefficient (Wildman–Crippen LogP) is 2.31. The van der Waals surface area contributed by atoms with E-state index in [0.29, 0.717) is 6.04 Å². The van der Waals surface area contributed by atoms with Gasteiger partial charge in [0, 0.05) is 23.4 Å². The van der Waals surface area contributed by atoms with Crippen LogP contribution in [0.25, 0.3) is 0 Å². The zero-order valence-corrected chi connectivity index (χ0v) is 12.7. The molecular formula is C13H25N3S. The first-order valence-electron chi connectivity index (χ1n) is 6.19. The fraction of sp³-hybridized carbons (Fsp3) is 0.769. The van der Waals surface area contributed by atoms with Gasteiger partial charge < -0.3 is 10.2 Å². The summed E-state index contributed by atoms with van der Waals surface area (Å²) in [7, 11) is 6.35. The lowest BCUT2D eigenvalue weighted by molar-refractivity contribution is 0.116. The molecule has 17 heavy (non-hydrogen) atoms. The molecule has 4 heteroatoms. The standard InChI is InChI=1S/C13H25N3S/c1-7-13(3,16(5)6)12(14-4)8-11-9-17-10(2)15-11/h9,12,14H,7-8H2,1-6H3. The molecule has 3 nitrogen and oxygen atoms in total. The van der Waals surface area contributed by atoms with Gasteiger partial charge in [-0.15, -0.1) is 11.3 Å². The molecule has 0 saturated carbocycles. The molecule has 0 aliphatic carbocycles. The summed E-state index contributed by atoms with van der Waals surface area (Å²) in [4.78, 5) is 6.88. The number of hydrogen-bond donors (Lipinski definition) is 1. The van der Waals surface area contributed by atoms with Crippen molar-refractivity contribution in [2.75, 3.05) is 21.1 Å². The highest BCUT2D eigenvalue weighted by molar-refractivity contribution is 7.09. The molecule has 2 unspecified atom stereocenters. The third-order valence-electron chi connectivity index (χ3n) is 3.92. The molecular weight excluding hydrogens is 230 g/mol. The van der Waals surface area contributed by atoms with E-state index in [2.05, 4.69) is 55.4 Å². The maximum absolute atomic E-state index is 4.57. The van der Waals surface area contributed by atoms with Crippen molar-refractivity contribution in [1.29, 1.82) is 0 Å². The topological polar surface area (TPSA) is 28.2 Å². The highest BCUT2D eigenvalue weighted by Crippen LogP contribution is 2.24. The summed E-state index contributed by atoms with van der Waals surface area (Å²) in [6.45, 7) is 6.62. The van der Waals surface area contributed by atoms with Crippen LogP contribution < -0.4 is 5.32 Å². The molecule has 1 aromatic rings. The van der Waals surface area contributed by atoms with Crippen molar-refractivity contribution in [2.45, 2.75) is 45.2 Å². The van der Waals surface area contributed by atoms with E-state index in [0.717, 1.165) is 17.8 Å². The molecule has 0 fully saturated rings. The Kier molecular flexibility index (Phi) is 5.10. The van der Waals surface area contributed by atoms with Gasteiger partial charge in [0.1, 0.15) is 0 Å². The van der Waals surface area contributed by atoms with Gasteiger partial charge in [-0.1, -0.05) is 6.92 Å². The molecule has 98 valence electrons. The van der Waals surface area contributed by atoms with Crippen molar-refractivity contribution in [3.05, 3.63) is 16.1 Å². The zero-order valence-electron chi connectivity index (χ0n) is 11.9. The number of thiazole rings is 1. The predicted molar refractivity (Wildman–Crippen MR) is 75.8 cm³/mol. The lowest BCUT2D eigenvalue weighted by Gasteiger charge is -2.42. The van der Waals surface area contributed by atoms with E-state index < -0.39 is 0 Å². The quantitative estimate of drug-likeness (QED) is 0.845. The Morgan fingerprint density at radius 3 is 2.53 bits per heavy atom. The number of likely N-dealkylation sites (N-methyl/N-ethyl adjacent to an activating group) is 2. The van der Waals surface area contributed by atoms with Crippen molar-refractivity contribution in [1.82, 2.24) is 15.2 Å². The van der Waals surface area contributed by atoms with Gasteiger partial charge in [0.25, 0.3) is 0 Å². The van der Waals surface area contributed by atoms with Crippen LogP contribution in [0.1, 0.15) is 31.0 Å². The summed E-state index contributed by atoms with van der Waals surface area (Å²) >= 11 is 1.73. The Labute approximate surface area is 109 Å². The maximum Gasteiger partial charge on any atom is 0.0897 e. The van der Waals surface area contributed by atoms with Crippen LogP contribution >= 0.6 is 11.3 Å². The van der Waals surface area contributed by atoms with Crippen LogP contribution in [0.2, 0.25) is 0 Å². The molecule has 0 aromatic carbocycles. The largest absolute Gasteiger partial charge is 0.315 e. The average Bonchev–Trinajstić information content (AvgIpc) is 2.70. The van der Waals surface area contributed by atoms with E-state index in [1.807, 2.05) is 7.05 Å². The zero-order chi connectivity index (χ0) is 13.1. The van der Waals surface area contributed by atoms with Crippen LogP contribution in [0.4, 0.5) is 0 Å². The lowest BCUT2D eigenvalue weighted by atomic mass is 9.85. The molecule has 2 atom stereocenters. The summed E-state index contributed by atoms with van der Waals surface area (Å²) in [5.41, 5.74) is 1.36. The minimum absolute atomic E-state index is 0.159. The maximum atomic E-state index is 4.57. The van der Waals surface area contributed by atoms with Crippen molar-refractivity contribution in [2.24, 2.45) is 0 Å². The molecule has 1 aromatic heterocycles. The van der Waals surface area contributed by atoms with Crippen LogP contribution in [0.3, 0.4) is 0 Å². The van der Waals surface area contributed by atoms with Gasteiger partial charge in [-0.25, -0.2) is 4.98 Å². The molecule has 0 bridgehead atoms. The SMILES string of the molecule is CCC(C)(C(Cc1csc(C)n1)NC)N(C)C. The van der Waals surface area contributed by atoms with E-state index in [4.69, 9.17) is 0 Å². The summed E-state index contributed by atoms with van der Waals surface area (Å²) in [5, 5.41) is 6.78. The molecule has 0 amide bonds. The van der Waals surface area contributed by atoms with E-state index in [1.165, 1.54) is 5.69 Å². The Bertz CT molecular complexity index is 348. The molecule has 0 radical (unpaired) electrons. The summed E-state index contributed by atoms with van der Waals surface area (Å²) in [5.74, 6) is 0. The van der Waals surface area contributed by atoms with Crippen LogP contribution in [0.5, 0.6) is 0 Å². The highest BCUT2D eigenvalue weighted by Gasteiger charge is 2.34. The van der Waals surface area contributed by atoms with Gasteiger partial charge in [-0.3, -0.25) is 0 Å². The van der Waals surface area contributed by atoms with Gasteiger partial charge in [-0.05, 0) is 41.4 Å². The van der Waals surface area contributed by atoms with Crippen LogP contribution in [-0.2, 0) is 6.42 Å². The van der Waals surface area contributed by atoms with Gasteiger partial charge in [0.05, 0.1) is 10.7 Å². The number of nitrogens with zero attached hydrogens (tertiary/aromatic N) is 2. The van der Waals surface area contributed by atoms with Gasteiger partial charge in [0.2, 0.25) is 0 Å². The molecule has 1 rings (SSSR count). The smallest absolute Gasteiger partial charge is 0.0897 e. The minimum atomic E-state index is 0.159. The summed E-state index contributed by atoms with van der Waals surface area (Å²) in [6, 6.07) is 0.420. The number of aromatic nitrogens is 1. The minimum Gasteiger partial charge on any atom is -0.315 e. The van der Waals surface area contributed by atoms with E-state index in [9.17, 15) is 0 Å². The van der Waals surface area contributed by atoms with Gasteiger partial charge >= 0.3 is 0 Å². The highest BCUT2D eigenvalue weighted by atomic mass is 32.1. The number of rotatable bonds is 6. The van der Waals surface area contributed by atoms with Gasteiger partial charge in [0.15, 0.2) is 0 Å². The first-order valence-corrected chi connectivity index (χ1v) is 7.07. The lowest BCUT2D eigenvalue weighted by Crippen LogP contribution is -2.57. The summed E-state index contributed by atoms with van der Waals surface area (Å²) < 4.78 is 0. The fourth-order valence-electron chi connectivity index (χ4n) is 2.22. The molecule has 1 N–H and O–H groups in total. The monoisotopic (exact) mass is 255 g/mol. The molecule has 0 saturated heterocycles. The first kappa shape index (κ1) is 14.6. The van der Waals surface area contributed by atoms with Crippen molar-refractivity contribution < 1.29 is 0 Å². The second-order valence-electron chi connectivity index (χ2n) is 5.01. The first-order chi connectivity index (χ1) is 7.93. The molecule has 1 heterocycles. The average molecular weight is 255 g/mol. The Morgan fingerprint density at radius 2 is 2.18 bits per heavy atom. The van der Waals surface area contributed by atoms with Crippen molar-refractivity contribution in [3.8, 4) is 0 Å². The van der Waals surface area contributed by atoms with Crippen molar-refractivity contribution >= 4 is 11.3 Å². The van der Waals surface area contributed by atoms with Crippen LogP contribution in [0, 0.1) is 6.92 Å². The van der Waals surface area contributed by atoms with E-state index >= 15 is 0 Å². The number of nitrogens with one attached hydrogen (secondary N) is 1. The van der Waals surface area contributed by atoms with E-state index in [-0.39, 0.29) is 5.54 Å².